The smallest absolute Gasteiger partial charge is 0.239 e. The third-order valence-electron chi connectivity index (χ3n) is 3.88. The number of anilines is 1. The van der Waals surface area contributed by atoms with Gasteiger partial charge in [-0.3, -0.25) is 9.69 Å². The van der Waals surface area contributed by atoms with Gasteiger partial charge >= 0.3 is 0 Å². The van der Waals surface area contributed by atoms with E-state index in [4.69, 9.17) is 16.0 Å². The molecule has 2 aromatic carbocycles. The number of para-hydroxylation sites is 1. The zero-order valence-corrected chi connectivity index (χ0v) is 16.6. The first-order valence-corrected chi connectivity index (χ1v) is 10.4. The summed E-state index contributed by atoms with van der Waals surface area (Å²) < 4.78 is 6.50. The molecule has 0 N–H and O–H groups in total. The van der Waals surface area contributed by atoms with Crippen LogP contribution in [0.25, 0.3) is 10.2 Å². The first-order chi connectivity index (χ1) is 13.2. The molecule has 0 saturated carbocycles. The van der Waals surface area contributed by atoms with Gasteiger partial charge in [0, 0.05) is 9.92 Å². The number of benzene rings is 2. The molecule has 0 spiro atoms. The van der Waals surface area contributed by atoms with Crippen molar-refractivity contribution < 1.29 is 9.21 Å². The van der Waals surface area contributed by atoms with E-state index in [0.29, 0.717) is 22.5 Å². The van der Waals surface area contributed by atoms with Crippen molar-refractivity contribution in [3.8, 4) is 0 Å². The normalized spacial score (nSPS) is 11.0. The van der Waals surface area contributed by atoms with E-state index in [-0.39, 0.29) is 5.91 Å². The molecule has 0 unspecified atom stereocenters. The number of aromatic nitrogens is 1. The Morgan fingerprint density at radius 1 is 1.11 bits per heavy atom. The topological polar surface area (TPSA) is 46.3 Å². The quantitative estimate of drug-likeness (QED) is 0.370. The summed E-state index contributed by atoms with van der Waals surface area (Å²) in [4.78, 5) is 20.3. The van der Waals surface area contributed by atoms with Crippen LogP contribution in [0.15, 0.2) is 76.2 Å². The Morgan fingerprint density at radius 2 is 1.93 bits per heavy atom. The number of carbonyl (C=O) groups excluding carboxylic acids is 1. The van der Waals surface area contributed by atoms with Crippen LogP contribution < -0.4 is 4.90 Å². The van der Waals surface area contributed by atoms with Gasteiger partial charge in [-0.1, -0.05) is 35.1 Å². The Hall–Kier alpha value is -2.28. The highest BCUT2D eigenvalue weighted by Crippen LogP contribution is 2.31. The first-order valence-electron chi connectivity index (χ1n) is 8.26. The monoisotopic (exact) mass is 414 g/mol. The molecule has 1 amide bonds. The SMILES string of the molecule is O=C(CSc1ccc(Cl)cc1)N(Cc1ccco1)c1nc2ccccc2s1. The standard InChI is InChI=1S/C20H15ClN2O2S2/c21-14-7-9-16(10-8-14)26-13-19(24)23(12-15-4-3-11-25-15)20-22-17-5-1-2-6-18(17)27-20/h1-11H,12-13H2. The van der Waals surface area contributed by atoms with Gasteiger partial charge in [-0.25, -0.2) is 4.98 Å². The van der Waals surface area contributed by atoms with Gasteiger partial charge in [-0.15, -0.1) is 11.8 Å². The number of halogens is 1. The van der Waals surface area contributed by atoms with E-state index < -0.39 is 0 Å². The van der Waals surface area contributed by atoms with E-state index in [1.807, 2.05) is 60.7 Å². The minimum Gasteiger partial charge on any atom is -0.467 e. The van der Waals surface area contributed by atoms with Gasteiger partial charge in [0.1, 0.15) is 5.76 Å². The predicted octanol–water partition coefficient (Wildman–Crippen LogP) is 5.87. The molecule has 0 aliphatic rings. The lowest BCUT2D eigenvalue weighted by Gasteiger charge is -2.18. The Bertz CT molecular complexity index is 1010. The van der Waals surface area contributed by atoms with Crippen LogP contribution in [0.2, 0.25) is 5.02 Å². The third kappa shape index (κ3) is 4.35. The fourth-order valence-electron chi connectivity index (χ4n) is 2.55. The molecule has 27 heavy (non-hydrogen) atoms. The van der Waals surface area contributed by atoms with Gasteiger partial charge in [0.25, 0.3) is 0 Å². The maximum Gasteiger partial charge on any atom is 0.239 e. The van der Waals surface area contributed by atoms with Crippen LogP contribution in [0.5, 0.6) is 0 Å². The molecule has 2 aromatic heterocycles. The van der Waals surface area contributed by atoms with Crippen molar-refractivity contribution in [2.75, 3.05) is 10.7 Å². The lowest BCUT2D eigenvalue weighted by molar-refractivity contribution is -0.116. The lowest BCUT2D eigenvalue weighted by atomic mass is 10.3. The maximum atomic E-state index is 13.0. The Labute approximate surface area is 169 Å². The maximum absolute atomic E-state index is 13.0. The van der Waals surface area contributed by atoms with Crippen molar-refractivity contribution in [2.45, 2.75) is 11.4 Å². The third-order valence-corrected chi connectivity index (χ3v) is 6.19. The second-order valence-corrected chi connectivity index (χ2v) is 8.26. The Morgan fingerprint density at radius 3 is 2.67 bits per heavy atom. The summed E-state index contributed by atoms with van der Waals surface area (Å²) in [5.41, 5.74) is 0.889. The van der Waals surface area contributed by atoms with Gasteiger partial charge in [-0.05, 0) is 48.5 Å². The van der Waals surface area contributed by atoms with E-state index in [9.17, 15) is 4.79 Å². The van der Waals surface area contributed by atoms with E-state index >= 15 is 0 Å². The zero-order valence-electron chi connectivity index (χ0n) is 14.2. The Balaban J connectivity index is 1.56. The Kier molecular flexibility index (Phi) is 5.48. The molecule has 0 bridgehead atoms. The molecule has 0 aliphatic carbocycles. The van der Waals surface area contributed by atoms with Gasteiger partial charge in [0.15, 0.2) is 5.13 Å². The van der Waals surface area contributed by atoms with Gasteiger partial charge in [-0.2, -0.15) is 0 Å². The molecule has 4 aromatic rings. The average molecular weight is 415 g/mol. The average Bonchev–Trinajstić information content (AvgIpc) is 3.34. The summed E-state index contributed by atoms with van der Waals surface area (Å²) >= 11 is 8.90. The molecular formula is C20H15ClN2O2S2. The van der Waals surface area contributed by atoms with Crippen LogP contribution >= 0.6 is 34.7 Å². The van der Waals surface area contributed by atoms with E-state index in [1.165, 1.54) is 23.1 Å². The fourth-order valence-corrected chi connectivity index (χ4v) is 4.43. The second kappa shape index (κ2) is 8.17. The van der Waals surface area contributed by atoms with Crippen LogP contribution in [-0.4, -0.2) is 16.6 Å². The van der Waals surface area contributed by atoms with Crippen LogP contribution in [-0.2, 0) is 11.3 Å². The van der Waals surface area contributed by atoms with E-state index in [0.717, 1.165) is 20.9 Å². The number of fused-ring (bicyclic) bond motifs is 1. The van der Waals surface area contributed by atoms with Crippen molar-refractivity contribution >= 4 is 56.0 Å². The van der Waals surface area contributed by atoms with Crippen molar-refractivity contribution in [3.63, 3.8) is 0 Å². The first kappa shape index (κ1) is 18.1. The summed E-state index contributed by atoms with van der Waals surface area (Å²) in [7, 11) is 0. The number of carbonyl (C=O) groups is 1. The molecule has 0 fully saturated rings. The number of hydrogen-bond acceptors (Lipinski definition) is 5. The number of nitrogens with zero attached hydrogens (tertiary/aromatic N) is 2. The predicted molar refractivity (Wildman–Crippen MR) is 112 cm³/mol. The molecule has 0 radical (unpaired) electrons. The molecule has 136 valence electrons. The summed E-state index contributed by atoms with van der Waals surface area (Å²) in [6.07, 6.45) is 1.61. The van der Waals surface area contributed by atoms with E-state index in [1.54, 1.807) is 11.2 Å². The van der Waals surface area contributed by atoms with Crippen LogP contribution in [0.4, 0.5) is 5.13 Å². The summed E-state index contributed by atoms with van der Waals surface area (Å²) in [5, 5.41) is 1.36. The van der Waals surface area contributed by atoms with Crippen LogP contribution in [0.1, 0.15) is 5.76 Å². The number of thioether (sulfide) groups is 1. The minimum atomic E-state index is -0.0228. The largest absolute Gasteiger partial charge is 0.467 e. The highest BCUT2D eigenvalue weighted by molar-refractivity contribution is 8.00. The van der Waals surface area contributed by atoms with Crippen molar-refractivity contribution in [2.24, 2.45) is 0 Å². The number of rotatable bonds is 6. The van der Waals surface area contributed by atoms with Crippen molar-refractivity contribution in [1.29, 1.82) is 0 Å². The van der Waals surface area contributed by atoms with Crippen molar-refractivity contribution in [3.05, 3.63) is 77.7 Å². The van der Waals surface area contributed by atoms with Crippen LogP contribution in [0.3, 0.4) is 0 Å². The zero-order chi connectivity index (χ0) is 18.6. The van der Waals surface area contributed by atoms with Crippen LogP contribution in [0, 0.1) is 0 Å². The number of thiazole rings is 1. The summed E-state index contributed by atoms with van der Waals surface area (Å²) in [6, 6.07) is 19.0. The van der Waals surface area contributed by atoms with E-state index in [2.05, 4.69) is 4.98 Å². The summed E-state index contributed by atoms with van der Waals surface area (Å²) in [6.45, 7) is 0.354. The number of amides is 1. The molecule has 0 saturated heterocycles. The molecule has 7 heteroatoms. The van der Waals surface area contributed by atoms with Gasteiger partial charge < -0.3 is 4.42 Å². The molecule has 4 rings (SSSR count). The minimum absolute atomic E-state index is 0.0228. The highest BCUT2D eigenvalue weighted by Gasteiger charge is 2.21. The number of furan rings is 1. The molecule has 4 nitrogen and oxygen atoms in total. The lowest BCUT2D eigenvalue weighted by Crippen LogP contribution is -2.31. The molecular weight excluding hydrogens is 400 g/mol. The van der Waals surface area contributed by atoms with Gasteiger partial charge in [0.05, 0.1) is 28.8 Å². The summed E-state index contributed by atoms with van der Waals surface area (Å²) in [5.74, 6) is 1.00. The second-order valence-electron chi connectivity index (χ2n) is 5.77. The highest BCUT2D eigenvalue weighted by atomic mass is 35.5. The molecule has 0 aliphatic heterocycles. The van der Waals surface area contributed by atoms with Crippen molar-refractivity contribution in [1.82, 2.24) is 4.98 Å². The molecule has 0 atom stereocenters. The van der Waals surface area contributed by atoms with Gasteiger partial charge in [0.2, 0.25) is 5.91 Å². The number of hydrogen-bond donors (Lipinski definition) is 0. The fraction of sp³-hybridized carbons (Fsp3) is 0.100. The molecule has 2 heterocycles.